The van der Waals surface area contributed by atoms with Gasteiger partial charge in [-0.05, 0) is 30.7 Å². The molecular weight excluding hydrogens is 250 g/mol. The van der Waals surface area contributed by atoms with Crippen LogP contribution in [-0.2, 0) is 0 Å². The van der Waals surface area contributed by atoms with Gasteiger partial charge in [-0.2, -0.15) is 5.10 Å². The van der Waals surface area contributed by atoms with E-state index in [2.05, 4.69) is 51.6 Å². The third kappa shape index (κ3) is 2.66. The van der Waals surface area contributed by atoms with Crippen molar-refractivity contribution in [1.82, 2.24) is 19.7 Å². The first kappa shape index (κ1) is 12.3. The van der Waals surface area contributed by atoms with E-state index in [1.807, 2.05) is 16.9 Å². The lowest BCUT2D eigenvalue weighted by Gasteiger charge is -2.15. The first-order chi connectivity index (χ1) is 9.83. The average molecular weight is 265 g/mol. The van der Waals surface area contributed by atoms with Crippen molar-refractivity contribution in [2.45, 2.75) is 13.0 Å². The minimum absolute atomic E-state index is 0.165. The maximum atomic E-state index is 4.21. The predicted molar refractivity (Wildman–Crippen MR) is 77.6 cm³/mol. The molecule has 2 aromatic heterocycles. The maximum Gasteiger partial charge on any atom is 0.144 e. The van der Waals surface area contributed by atoms with Gasteiger partial charge in [-0.15, -0.1) is 0 Å². The van der Waals surface area contributed by atoms with Crippen molar-refractivity contribution in [3.05, 3.63) is 66.9 Å². The maximum absolute atomic E-state index is 4.21. The molecule has 0 saturated carbocycles. The van der Waals surface area contributed by atoms with Gasteiger partial charge in [-0.3, -0.25) is 4.98 Å². The molecule has 1 atom stereocenters. The van der Waals surface area contributed by atoms with Gasteiger partial charge in [0, 0.05) is 30.8 Å². The highest BCUT2D eigenvalue weighted by atomic mass is 15.3. The van der Waals surface area contributed by atoms with Gasteiger partial charge in [0.1, 0.15) is 5.82 Å². The van der Waals surface area contributed by atoms with Crippen LogP contribution in [0.15, 0.2) is 61.3 Å². The molecule has 20 heavy (non-hydrogen) atoms. The molecule has 1 aromatic carbocycles. The molecule has 100 valence electrons. The highest BCUT2D eigenvalue weighted by Gasteiger charge is 2.06. The molecule has 0 aliphatic heterocycles. The van der Waals surface area contributed by atoms with E-state index in [1.165, 1.54) is 5.56 Å². The number of rotatable bonds is 4. The minimum Gasteiger partial charge on any atom is -0.362 e. The van der Waals surface area contributed by atoms with E-state index in [4.69, 9.17) is 0 Å². The molecule has 3 rings (SSSR count). The van der Waals surface area contributed by atoms with E-state index in [0.29, 0.717) is 0 Å². The summed E-state index contributed by atoms with van der Waals surface area (Å²) in [5, 5.41) is 7.53. The van der Waals surface area contributed by atoms with Gasteiger partial charge in [0.15, 0.2) is 0 Å². The molecule has 1 N–H and O–H groups in total. The summed E-state index contributed by atoms with van der Waals surface area (Å²) in [4.78, 5) is 8.26. The Morgan fingerprint density at radius 1 is 1.10 bits per heavy atom. The number of nitrogens with zero attached hydrogens (tertiary/aromatic N) is 4. The quantitative estimate of drug-likeness (QED) is 0.788. The lowest BCUT2D eigenvalue weighted by atomic mass is 10.1. The van der Waals surface area contributed by atoms with E-state index in [-0.39, 0.29) is 6.04 Å². The second-order valence-electron chi connectivity index (χ2n) is 4.50. The van der Waals surface area contributed by atoms with Crippen LogP contribution in [0.25, 0.3) is 5.69 Å². The van der Waals surface area contributed by atoms with Crippen molar-refractivity contribution in [2.24, 2.45) is 0 Å². The fraction of sp³-hybridized carbons (Fsp3) is 0.133. The zero-order valence-electron chi connectivity index (χ0n) is 11.1. The van der Waals surface area contributed by atoms with Crippen molar-refractivity contribution in [2.75, 3.05) is 5.32 Å². The molecule has 0 saturated heterocycles. The molecule has 0 aliphatic rings. The predicted octanol–water partition coefficient (Wildman–Crippen LogP) is 2.84. The minimum atomic E-state index is 0.165. The fourth-order valence-electron chi connectivity index (χ4n) is 2.02. The topological polar surface area (TPSA) is 55.6 Å². The summed E-state index contributed by atoms with van der Waals surface area (Å²) in [5.74, 6) is 0.774. The van der Waals surface area contributed by atoms with Crippen LogP contribution in [0, 0.1) is 0 Å². The highest BCUT2D eigenvalue weighted by molar-refractivity contribution is 5.39. The Kier molecular flexibility index (Phi) is 3.41. The van der Waals surface area contributed by atoms with Gasteiger partial charge in [-0.1, -0.05) is 12.1 Å². The van der Waals surface area contributed by atoms with Crippen LogP contribution < -0.4 is 5.32 Å². The monoisotopic (exact) mass is 265 g/mol. The Morgan fingerprint density at radius 2 is 1.95 bits per heavy atom. The van der Waals surface area contributed by atoms with Crippen LogP contribution in [0.5, 0.6) is 0 Å². The first-order valence-corrected chi connectivity index (χ1v) is 6.45. The zero-order chi connectivity index (χ0) is 13.8. The summed E-state index contributed by atoms with van der Waals surface area (Å²) in [6, 6.07) is 10.4. The molecule has 3 aromatic rings. The molecule has 5 nitrogen and oxygen atoms in total. The number of anilines is 1. The molecule has 0 bridgehead atoms. The van der Waals surface area contributed by atoms with Gasteiger partial charge < -0.3 is 5.32 Å². The summed E-state index contributed by atoms with van der Waals surface area (Å²) < 4.78 is 1.84. The van der Waals surface area contributed by atoms with Crippen molar-refractivity contribution < 1.29 is 0 Å². The van der Waals surface area contributed by atoms with E-state index in [9.17, 15) is 0 Å². The molecule has 0 spiro atoms. The van der Waals surface area contributed by atoms with E-state index >= 15 is 0 Å². The Hall–Kier alpha value is -2.69. The second-order valence-corrected chi connectivity index (χ2v) is 4.50. The van der Waals surface area contributed by atoms with E-state index in [1.54, 1.807) is 24.8 Å². The third-order valence-corrected chi connectivity index (χ3v) is 3.09. The second kappa shape index (κ2) is 5.52. The Labute approximate surface area is 117 Å². The molecule has 0 amide bonds. The number of hydrogen-bond acceptors (Lipinski definition) is 4. The van der Waals surface area contributed by atoms with Crippen LogP contribution >= 0.6 is 0 Å². The molecule has 0 aliphatic carbocycles. The lowest BCUT2D eigenvalue weighted by Crippen LogP contribution is -2.08. The SMILES string of the molecule is CC(Nc1cnccn1)c1ccc(-n2cccn2)cc1. The van der Waals surface area contributed by atoms with Crippen LogP contribution in [0.1, 0.15) is 18.5 Å². The van der Waals surface area contributed by atoms with Gasteiger partial charge in [0.2, 0.25) is 0 Å². The molecule has 0 radical (unpaired) electrons. The Bertz CT molecular complexity index is 647. The molecule has 2 heterocycles. The fourth-order valence-corrected chi connectivity index (χ4v) is 2.02. The van der Waals surface area contributed by atoms with Crippen LogP contribution in [-0.4, -0.2) is 19.7 Å². The Morgan fingerprint density at radius 3 is 2.60 bits per heavy atom. The molecule has 1 unspecified atom stereocenters. The van der Waals surface area contributed by atoms with Gasteiger partial charge >= 0.3 is 0 Å². The zero-order valence-corrected chi connectivity index (χ0v) is 11.1. The standard InChI is InChI=1S/C15H15N5/c1-12(19-15-11-16-8-9-17-15)13-3-5-14(6-4-13)20-10-2-7-18-20/h2-12H,1H3,(H,17,19). The largest absolute Gasteiger partial charge is 0.362 e. The van der Waals surface area contributed by atoms with Crippen LogP contribution in [0.2, 0.25) is 0 Å². The summed E-state index contributed by atoms with van der Waals surface area (Å²) in [5.41, 5.74) is 2.23. The van der Waals surface area contributed by atoms with Crippen molar-refractivity contribution in [3.8, 4) is 5.69 Å². The van der Waals surface area contributed by atoms with E-state index in [0.717, 1.165) is 11.5 Å². The molecule has 0 fully saturated rings. The van der Waals surface area contributed by atoms with Crippen molar-refractivity contribution in [3.63, 3.8) is 0 Å². The van der Waals surface area contributed by atoms with Crippen LogP contribution in [0.3, 0.4) is 0 Å². The number of hydrogen-bond donors (Lipinski definition) is 1. The summed E-state index contributed by atoms with van der Waals surface area (Å²) in [7, 11) is 0. The normalized spacial score (nSPS) is 12.1. The molecular formula is C15H15N5. The molecule has 5 heteroatoms. The number of benzene rings is 1. The first-order valence-electron chi connectivity index (χ1n) is 6.45. The average Bonchev–Trinajstić information content (AvgIpc) is 3.03. The van der Waals surface area contributed by atoms with Gasteiger partial charge in [0.25, 0.3) is 0 Å². The van der Waals surface area contributed by atoms with E-state index < -0.39 is 0 Å². The Balaban J connectivity index is 1.74. The van der Waals surface area contributed by atoms with Crippen molar-refractivity contribution >= 4 is 5.82 Å². The van der Waals surface area contributed by atoms with Crippen LogP contribution in [0.4, 0.5) is 5.82 Å². The van der Waals surface area contributed by atoms with Crippen molar-refractivity contribution in [1.29, 1.82) is 0 Å². The van der Waals surface area contributed by atoms with Gasteiger partial charge in [0.05, 0.1) is 11.9 Å². The third-order valence-electron chi connectivity index (χ3n) is 3.09. The number of nitrogens with one attached hydrogen (secondary N) is 1. The lowest BCUT2D eigenvalue weighted by molar-refractivity contribution is 0.857. The number of aromatic nitrogens is 4. The van der Waals surface area contributed by atoms with Gasteiger partial charge in [-0.25, -0.2) is 9.67 Å². The summed E-state index contributed by atoms with van der Waals surface area (Å²) in [6.07, 6.45) is 8.75. The summed E-state index contributed by atoms with van der Waals surface area (Å²) >= 11 is 0. The highest BCUT2D eigenvalue weighted by Crippen LogP contribution is 2.18. The summed E-state index contributed by atoms with van der Waals surface area (Å²) in [6.45, 7) is 2.09. The smallest absolute Gasteiger partial charge is 0.144 e.